The second-order valence-corrected chi connectivity index (χ2v) is 6.44. The van der Waals surface area contributed by atoms with Crippen LogP contribution in [0.5, 0.6) is 0 Å². The van der Waals surface area contributed by atoms with Crippen LogP contribution < -0.4 is 5.32 Å². The molecule has 3 heterocycles. The third kappa shape index (κ3) is 3.53. The fourth-order valence-electron chi connectivity index (χ4n) is 2.86. The number of benzene rings is 1. The molecular formula is C20H16ClFN4. The number of aromatic amines is 1. The first-order valence-corrected chi connectivity index (χ1v) is 8.60. The molecule has 0 bridgehead atoms. The van der Waals surface area contributed by atoms with E-state index in [2.05, 4.69) is 26.3 Å². The Morgan fingerprint density at radius 3 is 2.81 bits per heavy atom. The monoisotopic (exact) mass is 366 g/mol. The molecule has 0 saturated carbocycles. The van der Waals surface area contributed by atoms with Gasteiger partial charge < -0.3 is 10.3 Å². The number of nitrogens with zero attached hydrogens (tertiary/aromatic N) is 2. The van der Waals surface area contributed by atoms with Crippen LogP contribution in [0.3, 0.4) is 0 Å². The van der Waals surface area contributed by atoms with Crippen LogP contribution in [0.4, 0.5) is 10.2 Å². The minimum absolute atomic E-state index is 0.339. The maximum Gasteiger partial charge on any atom is 0.137 e. The molecule has 0 aliphatic carbocycles. The van der Waals surface area contributed by atoms with Crippen LogP contribution in [0.1, 0.15) is 16.7 Å². The number of aromatic nitrogens is 3. The van der Waals surface area contributed by atoms with Gasteiger partial charge in [0.15, 0.2) is 0 Å². The lowest BCUT2D eigenvalue weighted by Crippen LogP contribution is -2.02. The largest absolute Gasteiger partial charge is 0.366 e. The number of H-pyrrole nitrogens is 1. The number of rotatable bonds is 5. The molecule has 3 aromatic heterocycles. The van der Waals surface area contributed by atoms with E-state index in [0.717, 1.165) is 34.4 Å². The first-order valence-electron chi connectivity index (χ1n) is 8.23. The van der Waals surface area contributed by atoms with Crippen molar-refractivity contribution in [3.63, 3.8) is 0 Å². The molecule has 0 amide bonds. The fraction of sp³-hybridized carbons (Fsp3) is 0.100. The van der Waals surface area contributed by atoms with Crippen LogP contribution in [0.2, 0.25) is 5.02 Å². The van der Waals surface area contributed by atoms with E-state index in [9.17, 15) is 4.39 Å². The molecule has 6 heteroatoms. The van der Waals surface area contributed by atoms with Gasteiger partial charge >= 0.3 is 0 Å². The Balaban J connectivity index is 1.43. The maximum absolute atomic E-state index is 13.1. The van der Waals surface area contributed by atoms with Crippen molar-refractivity contribution < 1.29 is 4.39 Å². The number of fused-ring (bicyclic) bond motifs is 1. The Morgan fingerprint density at radius 2 is 2.00 bits per heavy atom. The SMILES string of the molecule is Fc1ccc(CNc2ccc(Cc3c[nH]c4ncccc34)cn2)c(Cl)c1. The van der Waals surface area contributed by atoms with Crippen molar-refractivity contribution in [1.82, 2.24) is 15.0 Å². The van der Waals surface area contributed by atoms with Crippen LogP contribution in [-0.4, -0.2) is 15.0 Å². The Morgan fingerprint density at radius 1 is 1.08 bits per heavy atom. The number of pyridine rings is 2. The van der Waals surface area contributed by atoms with Crippen molar-refractivity contribution in [2.24, 2.45) is 0 Å². The van der Waals surface area contributed by atoms with Gasteiger partial charge in [0.25, 0.3) is 0 Å². The zero-order chi connectivity index (χ0) is 17.9. The number of halogens is 2. The highest BCUT2D eigenvalue weighted by atomic mass is 35.5. The molecule has 26 heavy (non-hydrogen) atoms. The lowest BCUT2D eigenvalue weighted by Gasteiger charge is -2.08. The van der Waals surface area contributed by atoms with Gasteiger partial charge in [-0.25, -0.2) is 14.4 Å². The first-order chi connectivity index (χ1) is 12.7. The third-order valence-corrected chi connectivity index (χ3v) is 4.58. The summed E-state index contributed by atoms with van der Waals surface area (Å²) in [5.41, 5.74) is 4.02. The lowest BCUT2D eigenvalue weighted by molar-refractivity contribution is 0.627. The molecule has 0 spiro atoms. The highest BCUT2D eigenvalue weighted by Gasteiger charge is 2.06. The number of anilines is 1. The topological polar surface area (TPSA) is 53.6 Å². The minimum Gasteiger partial charge on any atom is -0.366 e. The Hall–Kier alpha value is -2.92. The van der Waals surface area contributed by atoms with Gasteiger partial charge in [0.05, 0.1) is 0 Å². The summed E-state index contributed by atoms with van der Waals surface area (Å²) in [6.45, 7) is 0.486. The molecule has 0 radical (unpaired) electrons. The summed E-state index contributed by atoms with van der Waals surface area (Å²) >= 11 is 6.04. The molecule has 1 aromatic carbocycles. The molecule has 0 saturated heterocycles. The smallest absolute Gasteiger partial charge is 0.137 e. The summed E-state index contributed by atoms with van der Waals surface area (Å²) in [5, 5.41) is 4.73. The van der Waals surface area contributed by atoms with E-state index >= 15 is 0 Å². The van der Waals surface area contributed by atoms with Gasteiger partial charge in [-0.15, -0.1) is 0 Å². The zero-order valence-corrected chi connectivity index (χ0v) is 14.6. The number of nitrogens with one attached hydrogen (secondary N) is 2. The van der Waals surface area contributed by atoms with Gasteiger partial charge in [0.2, 0.25) is 0 Å². The zero-order valence-electron chi connectivity index (χ0n) is 13.8. The summed E-state index contributed by atoms with van der Waals surface area (Å²) in [6.07, 6.45) is 6.39. The van der Waals surface area contributed by atoms with Gasteiger partial charge in [0.1, 0.15) is 17.3 Å². The summed E-state index contributed by atoms with van der Waals surface area (Å²) in [7, 11) is 0. The van der Waals surface area contributed by atoms with Crippen molar-refractivity contribution in [3.8, 4) is 0 Å². The summed E-state index contributed by atoms with van der Waals surface area (Å²) < 4.78 is 13.1. The highest BCUT2D eigenvalue weighted by Crippen LogP contribution is 2.21. The normalized spacial score (nSPS) is 11.0. The average molecular weight is 367 g/mol. The summed E-state index contributed by atoms with van der Waals surface area (Å²) in [6, 6.07) is 12.3. The van der Waals surface area contributed by atoms with Crippen molar-refractivity contribution in [3.05, 3.63) is 88.6 Å². The summed E-state index contributed by atoms with van der Waals surface area (Å²) in [4.78, 5) is 11.9. The molecular weight excluding hydrogens is 351 g/mol. The van der Waals surface area contributed by atoms with Crippen LogP contribution in [0, 0.1) is 5.82 Å². The van der Waals surface area contributed by atoms with E-state index in [1.54, 1.807) is 12.3 Å². The Labute approximate surface area is 155 Å². The standard InChI is InChI=1S/C20H16ClFN4/c21-18-9-16(22)5-4-14(18)11-25-19-6-3-13(10-24-19)8-15-12-26-20-17(15)2-1-7-23-20/h1-7,9-10,12H,8,11H2,(H,23,26)(H,24,25). The van der Waals surface area contributed by atoms with E-state index in [4.69, 9.17) is 11.6 Å². The lowest BCUT2D eigenvalue weighted by atomic mass is 10.1. The molecule has 2 N–H and O–H groups in total. The molecule has 4 nitrogen and oxygen atoms in total. The van der Waals surface area contributed by atoms with E-state index in [1.165, 1.54) is 17.7 Å². The van der Waals surface area contributed by atoms with Crippen LogP contribution in [0.25, 0.3) is 11.0 Å². The van der Waals surface area contributed by atoms with Crippen LogP contribution in [0.15, 0.2) is 61.1 Å². The van der Waals surface area contributed by atoms with E-state index in [-0.39, 0.29) is 5.82 Å². The minimum atomic E-state index is -0.339. The molecule has 130 valence electrons. The van der Waals surface area contributed by atoms with Crippen molar-refractivity contribution >= 4 is 28.5 Å². The van der Waals surface area contributed by atoms with Gasteiger partial charge in [-0.3, -0.25) is 0 Å². The number of hydrogen-bond acceptors (Lipinski definition) is 3. The van der Waals surface area contributed by atoms with Crippen LogP contribution >= 0.6 is 11.6 Å². The molecule has 0 aliphatic rings. The quantitative estimate of drug-likeness (QED) is 0.525. The molecule has 0 unspecified atom stereocenters. The van der Waals surface area contributed by atoms with Gasteiger partial charge in [-0.1, -0.05) is 23.7 Å². The summed E-state index contributed by atoms with van der Waals surface area (Å²) in [5.74, 6) is 0.406. The van der Waals surface area contributed by atoms with E-state index in [1.807, 2.05) is 30.6 Å². The maximum atomic E-state index is 13.1. The molecule has 0 atom stereocenters. The fourth-order valence-corrected chi connectivity index (χ4v) is 3.10. The van der Waals surface area contributed by atoms with E-state index in [0.29, 0.717) is 11.6 Å². The van der Waals surface area contributed by atoms with Gasteiger partial charge in [-0.05, 0) is 47.0 Å². The third-order valence-electron chi connectivity index (χ3n) is 4.23. The van der Waals surface area contributed by atoms with Crippen molar-refractivity contribution in [1.29, 1.82) is 0 Å². The molecule has 0 aliphatic heterocycles. The first kappa shape index (κ1) is 16.5. The molecule has 4 aromatic rings. The van der Waals surface area contributed by atoms with Crippen LogP contribution in [-0.2, 0) is 13.0 Å². The second kappa shape index (κ2) is 7.14. The van der Waals surface area contributed by atoms with Crippen molar-refractivity contribution in [2.45, 2.75) is 13.0 Å². The van der Waals surface area contributed by atoms with Gasteiger partial charge in [-0.2, -0.15) is 0 Å². The second-order valence-electron chi connectivity index (χ2n) is 6.03. The van der Waals surface area contributed by atoms with E-state index < -0.39 is 0 Å². The van der Waals surface area contributed by atoms with Crippen molar-refractivity contribution in [2.75, 3.05) is 5.32 Å². The Bertz CT molecular complexity index is 1040. The Kier molecular flexibility index (Phi) is 4.54. The molecule has 0 fully saturated rings. The predicted molar refractivity (Wildman–Crippen MR) is 102 cm³/mol. The average Bonchev–Trinajstić information content (AvgIpc) is 3.05. The highest BCUT2D eigenvalue weighted by molar-refractivity contribution is 6.31. The number of hydrogen-bond donors (Lipinski definition) is 2. The molecule has 4 rings (SSSR count). The predicted octanol–water partition coefficient (Wildman–Crippen LogP) is 4.95. The van der Waals surface area contributed by atoms with Gasteiger partial charge in [0, 0.05) is 42.0 Å².